The summed E-state index contributed by atoms with van der Waals surface area (Å²) in [6.45, 7) is 4.44. The Hall–Kier alpha value is -3.48. The fourth-order valence-electron chi connectivity index (χ4n) is 6.63. The number of ether oxygens (including phenoxy) is 1. The Labute approximate surface area is 255 Å². The molecule has 2 aliphatic rings. The molecule has 0 bridgehead atoms. The molecular formula is C33H37BrN3O4P. The molecular weight excluding hydrogens is 613 g/mol. The van der Waals surface area contributed by atoms with Crippen molar-refractivity contribution in [2.45, 2.75) is 30.6 Å². The molecule has 0 radical (unpaired) electrons. The van der Waals surface area contributed by atoms with Crippen LogP contribution in [0.5, 0.6) is 0 Å². The zero-order valence-corrected chi connectivity index (χ0v) is 26.5. The van der Waals surface area contributed by atoms with Crippen molar-refractivity contribution < 1.29 is 19.1 Å². The molecule has 5 rings (SSSR count). The number of halogens is 1. The SMILES string of the molecule is C=CCOC(=O)N1C[C@H](N2CC[C@H](P(Br)(c3ccccc3)(c3ccccc3)c3ccccc3)C2=O)C[C@H]1C(=O)N(C)C. The van der Waals surface area contributed by atoms with Crippen molar-refractivity contribution in [1.82, 2.24) is 14.7 Å². The molecule has 2 fully saturated rings. The van der Waals surface area contributed by atoms with E-state index < -0.39 is 17.4 Å². The molecule has 3 atom stereocenters. The van der Waals surface area contributed by atoms with Crippen LogP contribution in [0.2, 0.25) is 0 Å². The van der Waals surface area contributed by atoms with Gasteiger partial charge in [-0.1, -0.05) is 0 Å². The Bertz CT molecular complexity index is 1350. The zero-order valence-electron chi connectivity index (χ0n) is 24.0. The fourth-order valence-corrected chi connectivity index (χ4v) is 15.3. The molecule has 0 aliphatic carbocycles. The first-order valence-corrected chi connectivity index (χ1v) is 18.5. The average Bonchev–Trinajstić information content (AvgIpc) is 3.64. The summed E-state index contributed by atoms with van der Waals surface area (Å²) in [5, 5.41) is -0.303. The number of hydrogen-bond donors (Lipinski definition) is 0. The van der Waals surface area contributed by atoms with Gasteiger partial charge in [-0.05, 0) is 0 Å². The number of carbonyl (C=O) groups excluding carboxylic acids is 3. The van der Waals surface area contributed by atoms with Crippen LogP contribution in [0.25, 0.3) is 0 Å². The average molecular weight is 651 g/mol. The number of likely N-dealkylation sites (N-methyl/N-ethyl adjacent to an activating group) is 1. The van der Waals surface area contributed by atoms with Crippen molar-refractivity contribution in [3.63, 3.8) is 0 Å². The summed E-state index contributed by atoms with van der Waals surface area (Å²) in [4.78, 5) is 45.8. The molecule has 3 amide bonds. The van der Waals surface area contributed by atoms with Gasteiger partial charge in [-0.25, -0.2) is 0 Å². The summed E-state index contributed by atoms with van der Waals surface area (Å²) in [7, 11) is 3.35. The van der Waals surface area contributed by atoms with Crippen molar-refractivity contribution in [2.75, 3.05) is 33.8 Å². The summed E-state index contributed by atoms with van der Waals surface area (Å²) in [5.41, 5.74) is -0.382. The van der Waals surface area contributed by atoms with E-state index in [4.69, 9.17) is 4.74 Å². The van der Waals surface area contributed by atoms with Gasteiger partial charge in [0, 0.05) is 0 Å². The molecule has 2 heterocycles. The monoisotopic (exact) mass is 649 g/mol. The van der Waals surface area contributed by atoms with Crippen LogP contribution >= 0.6 is 20.8 Å². The number of rotatable bonds is 8. The molecule has 42 heavy (non-hydrogen) atoms. The molecule has 0 N–H and O–H groups in total. The van der Waals surface area contributed by atoms with E-state index in [0.29, 0.717) is 19.4 Å². The van der Waals surface area contributed by atoms with E-state index in [9.17, 15) is 14.4 Å². The summed E-state index contributed by atoms with van der Waals surface area (Å²) in [6, 6.07) is 29.9. The van der Waals surface area contributed by atoms with Gasteiger partial charge in [-0.3, -0.25) is 0 Å². The van der Waals surface area contributed by atoms with Gasteiger partial charge in [0.2, 0.25) is 0 Å². The van der Waals surface area contributed by atoms with Crippen molar-refractivity contribution in [3.05, 3.63) is 104 Å². The minimum absolute atomic E-state index is 0.0310. The third kappa shape index (κ3) is 4.84. The Morgan fingerprint density at radius 2 is 1.45 bits per heavy atom. The first-order valence-electron chi connectivity index (χ1n) is 14.2. The molecule has 9 heteroatoms. The third-order valence-electron chi connectivity index (χ3n) is 8.58. The van der Waals surface area contributed by atoms with Gasteiger partial charge in [0.05, 0.1) is 0 Å². The number of hydrogen-bond acceptors (Lipinski definition) is 4. The molecule has 3 aromatic carbocycles. The summed E-state index contributed by atoms with van der Waals surface area (Å²) >= 11 is 4.47. The Kier molecular flexibility index (Phi) is 8.58. The van der Waals surface area contributed by atoms with Gasteiger partial charge in [-0.2, -0.15) is 0 Å². The van der Waals surface area contributed by atoms with Crippen molar-refractivity contribution in [1.29, 1.82) is 0 Å². The molecule has 3 aromatic rings. The molecule has 220 valence electrons. The molecule has 2 saturated heterocycles. The van der Waals surface area contributed by atoms with Crippen molar-refractivity contribution in [2.24, 2.45) is 0 Å². The predicted molar refractivity (Wildman–Crippen MR) is 173 cm³/mol. The minimum atomic E-state index is -3.56. The van der Waals surface area contributed by atoms with Gasteiger partial charge in [0.1, 0.15) is 0 Å². The van der Waals surface area contributed by atoms with E-state index in [-0.39, 0.29) is 36.7 Å². The van der Waals surface area contributed by atoms with Gasteiger partial charge in [0.25, 0.3) is 0 Å². The second-order valence-electron chi connectivity index (χ2n) is 11.1. The van der Waals surface area contributed by atoms with Crippen LogP contribution in [-0.4, -0.2) is 84.1 Å². The van der Waals surface area contributed by atoms with Crippen LogP contribution in [0.3, 0.4) is 0 Å². The number of likely N-dealkylation sites (tertiary alicyclic amines) is 2. The Balaban J connectivity index is 1.59. The van der Waals surface area contributed by atoms with Crippen LogP contribution in [0.4, 0.5) is 4.79 Å². The number of carbonyl (C=O) groups is 3. The van der Waals surface area contributed by atoms with E-state index >= 15 is 0 Å². The van der Waals surface area contributed by atoms with Crippen molar-refractivity contribution >= 4 is 54.6 Å². The van der Waals surface area contributed by atoms with E-state index in [1.807, 2.05) is 59.5 Å². The van der Waals surface area contributed by atoms with E-state index in [1.54, 1.807) is 14.1 Å². The summed E-state index contributed by atoms with van der Waals surface area (Å²) in [5.74, 6) is -0.155. The second kappa shape index (κ2) is 12.0. The van der Waals surface area contributed by atoms with E-state index in [2.05, 4.69) is 58.5 Å². The number of amides is 3. The van der Waals surface area contributed by atoms with Gasteiger partial charge in [-0.15, -0.1) is 0 Å². The molecule has 0 saturated carbocycles. The van der Waals surface area contributed by atoms with E-state index in [0.717, 1.165) is 15.9 Å². The van der Waals surface area contributed by atoms with Crippen LogP contribution in [0.15, 0.2) is 104 Å². The van der Waals surface area contributed by atoms with Gasteiger partial charge < -0.3 is 0 Å². The zero-order chi connectivity index (χ0) is 29.9. The molecule has 2 aliphatic heterocycles. The second-order valence-corrected chi connectivity index (χ2v) is 19.8. The quantitative estimate of drug-likeness (QED) is 0.270. The molecule has 0 spiro atoms. The molecule has 0 aromatic heterocycles. The fraction of sp³-hybridized carbons (Fsp3) is 0.303. The Morgan fingerprint density at radius 1 is 0.952 bits per heavy atom. The normalized spacial score (nSPS) is 21.5. The predicted octanol–water partition coefficient (Wildman–Crippen LogP) is 4.28. The van der Waals surface area contributed by atoms with Crippen LogP contribution < -0.4 is 15.9 Å². The third-order valence-corrected chi connectivity index (χ3v) is 19.3. The maximum atomic E-state index is 14.8. The van der Waals surface area contributed by atoms with Gasteiger partial charge in [0.15, 0.2) is 0 Å². The molecule has 0 unspecified atom stereocenters. The van der Waals surface area contributed by atoms with Crippen molar-refractivity contribution in [3.8, 4) is 0 Å². The Morgan fingerprint density at radius 3 is 1.90 bits per heavy atom. The standard InChI is InChI=1S/C33H37BrN3O4P/c1-4-22-41-33(40)37-24-25(23-29(37)31(38)35(2)3)36-21-20-30(32(36)39)42(34,26-14-8-5-9-15-26,27-16-10-6-11-17-27)28-18-12-7-13-19-28/h4-19,25,29-30H,1,20-24H2,2-3H3/t25-,29+,30+/m1/s1. The first kappa shape index (κ1) is 30.0. The van der Waals surface area contributed by atoms with Crippen LogP contribution in [-0.2, 0) is 14.3 Å². The topological polar surface area (TPSA) is 70.2 Å². The summed E-state index contributed by atoms with van der Waals surface area (Å²) < 4.78 is 5.33. The van der Waals surface area contributed by atoms with Crippen LogP contribution in [0, 0.1) is 0 Å². The molecule has 7 nitrogen and oxygen atoms in total. The number of nitrogens with zero attached hydrogens (tertiary/aromatic N) is 3. The van der Waals surface area contributed by atoms with E-state index in [1.165, 1.54) is 15.9 Å². The summed E-state index contributed by atoms with van der Waals surface area (Å²) in [6.07, 6.45) is 1.92. The van der Waals surface area contributed by atoms with Crippen LogP contribution in [0.1, 0.15) is 12.8 Å². The van der Waals surface area contributed by atoms with Gasteiger partial charge >= 0.3 is 256 Å². The first-order chi connectivity index (χ1) is 20.2. The maximum absolute atomic E-state index is 14.8. The number of benzene rings is 3.